The second kappa shape index (κ2) is 11.8. The van der Waals surface area contributed by atoms with Gasteiger partial charge in [-0.2, -0.15) is 13.2 Å². The number of amides is 1. The zero-order valence-corrected chi connectivity index (χ0v) is 14.4. The molecule has 6 nitrogen and oxygen atoms in total. The number of hydrogen-bond donors (Lipinski definition) is 3. The van der Waals surface area contributed by atoms with Gasteiger partial charge < -0.3 is 20.9 Å². The number of hydrogen-bond acceptors (Lipinski definition) is 6. The third-order valence-electron chi connectivity index (χ3n) is 2.69. The average molecular weight is 396 g/mol. The first-order valence-electron chi connectivity index (χ1n) is 6.93. The van der Waals surface area contributed by atoms with Gasteiger partial charge in [-0.1, -0.05) is 21.6 Å². The molecular formula is C12H20F4N2O4S2. The Morgan fingerprint density at radius 3 is 2.17 bits per heavy atom. The second-order valence-electron chi connectivity index (χ2n) is 4.57. The Morgan fingerprint density at radius 1 is 1.21 bits per heavy atom. The zero-order chi connectivity index (χ0) is 18.6. The molecular weight excluding hydrogens is 376 g/mol. The molecule has 0 saturated carbocycles. The third-order valence-corrected chi connectivity index (χ3v) is 5.13. The predicted molar refractivity (Wildman–Crippen MR) is 84.6 cm³/mol. The van der Waals surface area contributed by atoms with Gasteiger partial charge in [-0.25, -0.2) is 9.18 Å². The van der Waals surface area contributed by atoms with Gasteiger partial charge in [0.05, 0.1) is 13.2 Å². The molecule has 0 aromatic rings. The van der Waals surface area contributed by atoms with Crippen LogP contribution in [0, 0.1) is 0 Å². The smallest absolute Gasteiger partial charge is 0.475 e. The minimum Gasteiger partial charge on any atom is -0.475 e. The predicted octanol–water partition coefficient (Wildman–Crippen LogP) is 1.59. The Bertz CT molecular complexity index is 394. The first-order valence-corrected chi connectivity index (χ1v) is 9.42. The zero-order valence-electron chi connectivity index (χ0n) is 12.7. The van der Waals surface area contributed by atoms with E-state index in [2.05, 4.69) is 5.32 Å². The normalized spacial score (nSPS) is 16.7. The molecule has 0 bridgehead atoms. The molecule has 0 spiro atoms. The first-order chi connectivity index (χ1) is 11.1. The van der Waals surface area contributed by atoms with Gasteiger partial charge in [0.2, 0.25) is 0 Å². The summed E-state index contributed by atoms with van der Waals surface area (Å²) >= 11 is 0. The van der Waals surface area contributed by atoms with Gasteiger partial charge in [-0.15, -0.1) is 0 Å². The largest absolute Gasteiger partial charge is 0.490 e. The monoisotopic (exact) mass is 396 g/mol. The lowest BCUT2D eigenvalue weighted by molar-refractivity contribution is -0.192. The van der Waals surface area contributed by atoms with Gasteiger partial charge in [0, 0.05) is 37.4 Å². The Hall–Kier alpha value is -0.720. The summed E-state index contributed by atoms with van der Waals surface area (Å²) in [5.74, 6) is -1.59. The molecule has 4 N–H and O–H groups in total. The Morgan fingerprint density at radius 2 is 1.71 bits per heavy atom. The number of carbonyl (C=O) groups is 2. The summed E-state index contributed by atoms with van der Waals surface area (Å²) in [6.07, 6.45) is -4.76. The minimum atomic E-state index is -5.08. The number of nitrogens with two attached hydrogens (primary N) is 1. The maximum absolute atomic E-state index is 14.1. The molecule has 0 radical (unpaired) electrons. The third kappa shape index (κ3) is 10.2. The van der Waals surface area contributed by atoms with E-state index >= 15 is 0 Å². The van der Waals surface area contributed by atoms with Gasteiger partial charge in [0.15, 0.2) is 5.67 Å². The average Bonchev–Trinajstić information content (AvgIpc) is 2.51. The molecule has 0 atom stereocenters. The Labute approximate surface area is 144 Å². The standard InChI is InChI=1S/C10H19FN2O2S2.C2HF3O2/c11-10(1-5-15-6-2-10)9(14)13-4-8-17-16-7-3-12;3-2(4,5)1(6)7/h1-8,12H2,(H,13,14);(H,6,7). The number of halogens is 4. The van der Waals surface area contributed by atoms with E-state index in [1.807, 2.05) is 0 Å². The van der Waals surface area contributed by atoms with Crippen LogP contribution in [-0.2, 0) is 14.3 Å². The first kappa shape index (κ1) is 23.3. The van der Waals surface area contributed by atoms with Gasteiger partial charge in [-0.3, -0.25) is 4.79 Å². The lowest BCUT2D eigenvalue weighted by Gasteiger charge is -2.28. The van der Waals surface area contributed by atoms with Gasteiger partial charge in [0.1, 0.15) is 0 Å². The van der Waals surface area contributed by atoms with Crippen molar-refractivity contribution in [3.8, 4) is 0 Å². The molecule has 1 saturated heterocycles. The molecule has 24 heavy (non-hydrogen) atoms. The van der Waals surface area contributed by atoms with Crippen molar-refractivity contribution in [1.82, 2.24) is 5.32 Å². The molecule has 1 heterocycles. The summed E-state index contributed by atoms with van der Waals surface area (Å²) < 4.78 is 50.9. The summed E-state index contributed by atoms with van der Waals surface area (Å²) in [6, 6.07) is 0. The van der Waals surface area contributed by atoms with Crippen LogP contribution in [-0.4, -0.2) is 66.6 Å². The van der Waals surface area contributed by atoms with Crippen LogP contribution in [0.5, 0.6) is 0 Å². The second-order valence-corrected chi connectivity index (χ2v) is 7.27. The molecule has 1 aliphatic heterocycles. The Kier molecular flexibility index (Phi) is 11.4. The van der Waals surface area contributed by atoms with Crippen molar-refractivity contribution in [3.05, 3.63) is 0 Å². The van der Waals surface area contributed by atoms with Crippen molar-refractivity contribution < 1.29 is 37.0 Å². The summed E-state index contributed by atoms with van der Waals surface area (Å²) in [6.45, 7) is 1.79. The number of alkyl halides is 4. The minimum absolute atomic E-state index is 0.161. The van der Waals surface area contributed by atoms with Crippen LogP contribution in [0.15, 0.2) is 0 Å². The highest BCUT2D eigenvalue weighted by Gasteiger charge is 2.40. The van der Waals surface area contributed by atoms with E-state index in [-0.39, 0.29) is 12.8 Å². The number of carbonyl (C=O) groups excluding carboxylic acids is 1. The van der Waals surface area contributed by atoms with E-state index in [0.717, 1.165) is 11.5 Å². The van der Waals surface area contributed by atoms with Crippen molar-refractivity contribution >= 4 is 33.5 Å². The summed E-state index contributed by atoms with van der Waals surface area (Å²) in [5, 5.41) is 9.76. The van der Waals surface area contributed by atoms with E-state index < -0.39 is 23.7 Å². The molecule has 1 amide bonds. The van der Waals surface area contributed by atoms with Crippen LogP contribution in [0.25, 0.3) is 0 Å². The van der Waals surface area contributed by atoms with E-state index in [1.165, 1.54) is 0 Å². The highest BCUT2D eigenvalue weighted by molar-refractivity contribution is 8.76. The molecule has 12 heteroatoms. The van der Waals surface area contributed by atoms with Crippen LogP contribution < -0.4 is 11.1 Å². The number of nitrogens with one attached hydrogen (secondary N) is 1. The molecule has 0 aromatic heterocycles. The Balaban J connectivity index is 0.000000640. The highest BCUT2D eigenvalue weighted by atomic mass is 33.1. The number of ether oxygens (including phenoxy) is 1. The van der Waals surface area contributed by atoms with Gasteiger partial charge in [0.25, 0.3) is 5.91 Å². The van der Waals surface area contributed by atoms with E-state index in [4.69, 9.17) is 20.4 Å². The van der Waals surface area contributed by atoms with Gasteiger partial charge in [-0.05, 0) is 0 Å². The van der Waals surface area contributed by atoms with Crippen LogP contribution in [0.4, 0.5) is 17.6 Å². The fourth-order valence-corrected chi connectivity index (χ4v) is 3.22. The van der Waals surface area contributed by atoms with Crippen LogP contribution in [0.1, 0.15) is 12.8 Å². The number of carboxylic acid groups (broad SMARTS) is 1. The molecule has 0 aliphatic carbocycles. The summed E-state index contributed by atoms with van der Waals surface area (Å²) in [7, 11) is 3.31. The number of carboxylic acids is 1. The van der Waals surface area contributed by atoms with Crippen molar-refractivity contribution in [3.63, 3.8) is 0 Å². The molecule has 0 unspecified atom stereocenters. The number of aliphatic carboxylic acids is 1. The van der Waals surface area contributed by atoms with Crippen molar-refractivity contribution in [2.75, 3.05) is 37.8 Å². The fraction of sp³-hybridized carbons (Fsp3) is 0.833. The van der Waals surface area contributed by atoms with Crippen molar-refractivity contribution in [2.45, 2.75) is 24.7 Å². The van der Waals surface area contributed by atoms with Crippen LogP contribution in [0.2, 0.25) is 0 Å². The van der Waals surface area contributed by atoms with Gasteiger partial charge >= 0.3 is 12.1 Å². The quantitative estimate of drug-likeness (QED) is 0.341. The lowest BCUT2D eigenvalue weighted by Crippen LogP contribution is -2.47. The molecule has 0 aromatic carbocycles. The summed E-state index contributed by atoms with van der Waals surface area (Å²) in [4.78, 5) is 20.5. The van der Waals surface area contributed by atoms with E-state index in [9.17, 15) is 22.4 Å². The van der Waals surface area contributed by atoms with E-state index in [1.54, 1.807) is 21.6 Å². The summed E-state index contributed by atoms with van der Waals surface area (Å²) in [5.41, 5.74) is 3.61. The topological polar surface area (TPSA) is 102 Å². The fourth-order valence-electron chi connectivity index (χ4n) is 1.45. The highest BCUT2D eigenvalue weighted by Crippen LogP contribution is 2.25. The van der Waals surface area contributed by atoms with Crippen LogP contribution in [0.3, 0.4) is 0 Å². The van der Waals surface area contributed by atoms with E-state index in [0.29, 0.717) is 26.3 Å². The van der Waals surface area contributed by atoms with Crippen molar-refractivity contribution in [2.24, 2.45) is 5.73 Å². The maximum Gasteiger partial charge on any atom is 0.490 e. The van der Waals surface area contributed by atoms with Crippen LogP contribution >= 0.6 is 21.6 Å². The molecule has 1 aliphatic rings. The molecule has 142 valence electrons. The SMILES string of the molecule is NCCSSCCNC(=O)C1(F)CCOCC1.O=C(O)C(F)(F)F. The maximum atomic E-state index is 14.1. The number of rotatable bonds is 7. The lowest BCUT2D eigenvalue weighted by atomic mass is 9.95. The van der Waals surface area contributed by atoms with Crippen molar-refractivity contribution in [1.29, 1.82) is 0 Å². The molecule has 1 rings (SSSR count). The molecule has 1 fully saturated rings.